The molecule has 166 valence electrons. The Bertz CT molecular complexity index is 1270. The van der Waals surface area contributed by atoms with Crippen LogP contribution in [-0.2, 0) is 22.6 Å². The summed E-state index contributed by atoms with van der Waals surface area (Å²) in [6.07, 6.45) is 2.09. The maximum absolute atomic E-state index is 13.3. The number of imide groups is 2. The number of urea groups is 1. The predicted octanol–water partition coefficient (Wildman–Crippen LogP) is 5.26. The zero-order valence-corrected chi connectivity index (χ0v) is 19.5. The van der Waals surface area contributed by atoms with Crippen molar-refractivity contribution in [2.24, 2.45) is 0 Å². The third-order valence-electron chi connectivity index (χ3n) is 5.27. The highest BCUT2D eigenvalue weighted by Crippen LogP contribution is 2.28. The number of carbonyl (C=O) groups is 3. The van der Waals surface area contributed by atoms with E-state index in [-0.39, 0.29) is 5.57 Å². The molecular weight excluding hydrogens is 484 g/mol. The van der Waals surface area contributed by atoms with Crippen LogP contribution in [-0.4, -0.2) is 17.8 Å². The second-order valence-corrected chi connectivity index (χ2v) is 8.21. The van der Waals surface area contributed by atoms with Gasteiger partial charge in [-0.2, -0.15) is 0 Å². The highest BCUT2D eigenvalue weighted by Gasteiger charge is 2.37. The van der Waals surface area contributed by atoms with Crippen LogP contribution in [0.2, 0.25) is 0 Å². The third kappa shape index (κ3) is 4.73. The predicted molar refractivity (Wildman–Crippen MR) is 130 cm³/mol. The van der Waals surface area contributed by atoms with Crippen molar-refractivity contribution in [3.63, 3.8) is 0 Å². The van der Waals surface area contributed by atoms with Gasteiger partial charge in [-0.15, -0.1) is 0 Å². The van der Waals surface area contributed by atoms with Crippen LogP contribution in [0.1, 0.15) is 23.6 Å². The number of halogens is 1. The largest absolute Gasteiger partial charge is 0.488 e. The number of hydrogen-bond acceptors (Lipinski definition) is 4. The zero-order chi connectivity index (χ0) is 23.4. The van der Waals surface area contributed by atoms with Crippen LogP contribution in [0.3, 0.4) is 0 Å². The molecule has 1 fully saturated rings. The first kappa shape index (κ1) is 22.5. The van der Waals surface area contributed by atoms with Gasteiger partial charge < -0.3 is 4.74 Å². The summed E-state index contributed by atoms with van der Waals surface area (Å²) in [5.41, 5.74) is 2.66. The molecule has 0 bridgehead atoms. The Balaban J connectivity index is 1.67. The molecule has 4 rings (SSSR count). The van der Waals surface area contributed by atoms with Gasteiger partial charge in [-0.05, 0) is 36.3 Å². The molecule has 0 saturated carbocycles. The molecule has 1 N–H and O–H groups in total. The quantitative estimate of drug-likeness (QED) is 0.367. The maximum Gasteiger partial charge on any atom is 0.335 e. The number of hydrogen-bond donors (Lipinski definition) is 1. The molecule has 0 unspecified atom stereocenters. The molecule has 6 nitrogen and oxygen atoms in total. The van der Waals surface area contributed by atoms with E-state index in [0.29, 0.717) is 30.0 Å². The van der Waals surface area contributed by atoms with Gasteiger partial charge in [0.2, 0.25) is 0 Å². The first-order chi connectivity index (χ1) is 16.0. The van der Waals surface area contributed by atoms with Gasteiger partial charge in [0.1, 0.15) is 17.9 Å². The average molecular weight is 505 g/mol. The number of rotatable bonds is 6. The number of para-hydroxylation sites is 2. The van der Waals surface area contributed by atoms with Gasteiger partial charge in [0.15, 0.2) is 0 Å². The van der Waals surface area contributed by atoms with Gasteiger partial charge in [0, 0.05) is 15.6 Å². The summed E-state index contributed by atoms with van der Waals surface area (Å²) in [4.78, 5) is 39.4. The zero-order valence-electron chi connectivity index (χ0n) is 17.9. The molecule has 7 heteroatoms. The lowest BCUT2D eigenvalue weighted by atomic mass is 10.0. The molecule has 1 aliphatic rings. The molecule has 1 aliphatic heterocycles. The Morgan fingerprint density at radius 1 is 0.909 bits per heavy atom. The number of carbonyl (C=O) groups excluding carboxylic acids is 3. The fraction of sp³-hybridized carbons (Fsp3) is 0.115. The summed E-state index contributed by atoms with van der Waals surface area (Å²) < 4.78 is 6.91. The fourth-order valence-electron chi connectivity index (χ4n) is 3.56. The molecule has 3 aromatic rings. The molecule has 3 aromatic carbocycles. The molecule has 0 atom stereocenters. The lowest BCUT2D eigenvalue weighted by Crippen LogP contribution is -2.54. The van der Waals surface area contributed by atoms with Crippen LogP contribution < -0.4 is 15.0 Å². The van der Waals surface area contributed by atoms with Crippen molar-refractivity contribution in [3.8, 4) is 5.75 Å². The number of ether oxygens (including phenoxy) is 1. The average Bonchev–Trinajstić information content (AvgIpc) is 2.82. The SMILES string of the molecule is CCc1ccccc1N1C(=O)NC(=O)/C(=C/c2ccccc2OCc2ccccc2Br)C1=O. The van der Waals surface area contributed by atoms with E-state index in [1.807, 2.05) is 49.4 Å². The molecule has 0 aliphatic carbocycles. The van der Waals surface area contributed by atoms with Gasteiger partial charge in [-0.1, -0.05) is 77.5 Å². The summed E-state index contributed by atoms with van der Waals surface area (Å²) in [5.74, 6) is -0.903. The molecular formula is C26H21BrN2O4. The van der Waals surface area contributed by atoms with E-state index in [1.54, 1.807) is 30.3 Å². The number of aryl methyl sites for hydroxylation is 1. The maximum atomic E-state index is 13.3. The molecule has 0 radical (unpaired) electrons. The van der Waals surface area contributed by atoms with E-state index in [0.717, 1.165) is 20.5 Å². The number of nitrogens with one attached hydrogen (secondary N) is 1. The third-order valence-corrected chi connectivity index (χ3v) is 6.05. The van der Waals surface area contributed by atoms with E-state index in [4.69, 9.17) is 4.74 Å². The Labute approximate surface area is 200 Å². The van der Waals surface area contributed by atoms with E-state index < -0.39 is 17.8 Å². The summed E-state index contributed by atoms with van der Waals surface area (Å²) in [6, 6.07) is 21.2. The van der Waals surface area contributed by atoms with Gasteiger partial charge in [0.05, 0.1) is 5.69 Å². The molecule has 1 saturated heterocycles. The van der Waals surface area contributed by atoms with Crippen molar-refractivity contribution in [2.45, 2.75) is 20.0 Å². The van der Waals surface area contributed by atoms with Crippen molar-refractivity contribution in [1.29, 1.82) is 0 Å². The van der Waals surface area contributed by atoms with Crippen molar-refractivity contribution in [2.75, 3.05) is 4.90 Å². The van der Waals surface area contributed by atoms with Crippen LogP contribution in [0, 0.1) is 0 Å². The number of barbiturate groups is 1. The van der Waals surface area contributed by atoms with E-state index in [1.165, 1.54) is 6.08 Å². The summed E-state index contributed by atoms with van der Waals surface area (Å²) in [5, 5.41) is 2.28. The Morgan fingerprint density at radius 2 is 1.58 bits per heavy atom. The van der Waals surface area contributed by atoms with Crippen molar-refractivity contribution >= 4 is 45.5 Å². The van der Waals surface area contributed by atoms with Gasteiger partial charge in [0.25, 0.3) is 11.8 Å². The van der Waals surface area contributed by atoms with Gasteiger partial charge >= 0.3 is 6.03 Å². The van der Waals surface area contributed by atoms with Crippen molar-refractivity contribution < 1.29 is 19.1 Å². The van der Waals surface area contributed by atoms with Gasteiger partial charge in [-0.3, -0.25) is 14.9 Å². The normalized spacial score (nSPS) is 15.0. The minimum absolute atomic E-state index is 0.141. The monoisotopic (exact) mass is 504 g/mol. The minimum Gasteiger partial charge on any atom is -0.488 e. The van der Waals surface area contributed by atoms with E-state index in [2.05, 4.69) is 21.2 Å². The Kier molecular flexibility index (Phi) is 6.70. The minimum atomic E-state index is -0.762. The molecule has 0 aromatic heterocycles. The fourth-order valence-corrected chi connectivity index (χ4v) is 3.96. The first-order valence-corrected chi connectivity index (χ1v) is 11.2. The van der Waals surface area contributed by atoms with E-state index in [9.17, 15) is 14.4 Å². The smallest absolute Gasteiger partial charge is 0.335 e. The lowest BCUT2D eigenvalue weighted by Gasteiger charge is -2.28. The highest BCUT2D eigenvalue weighted by molar-refractivity contribution is 9.10. The van der Waals surface area contributed by atoms with Gasteiger partial charge in [-0.25, -0.2) is 9.69 Å². The molecule has 1 heterocycles. The van der Waals surface area contributed by atoms with Crippen LogP contribution in [0.5, 0.6) is 5.75 Å². The number of anilines is 1. The standard InChI is InChI=1S/C26H21BrN2O4/c1-2-17-9-4-7-13-22(17)29-25(31)20(24(30)28-26(29)32)15-18-10-5-8-14-23(18)33-16-19-11-3-6-12-21(19)27/h3-15H,2,16H2,1H3,(H,28,30,32)/b20-15-. The molecule has 33 heavy (non-hydrogen) atoms. The topological polar surface area (TPSA) is 75.7 Å². The number of amides is 4. The van der Waals surface area contributed by atoms with Crippen LogP contribution >= 0.6 is 15.9 Å². The summed E-state index contributed by atoms with van der Waals surface area (Å²) in [7, 11) is 0. The van der Waals surface area contributed by atoms with Crippen LogP contribution in [0.15, 0.2) is 82.8 Å². The molecule has 4 amide bonds. The lowest BCUT2D eigenvalue weighted by molar-refractivity contribution is -0.122. The number of benzene rings is 3. The highest BCUT2D eigenvalue weighted by atomic mass is 79.9. The first-order valence-electron chi connectivity index (χ1n) is 10.4. The van der Waals surface area contributed by atoms with Crippen LogP contribution in [0.4, 0.5) is 10.5 Å². The second kappa shape index (κ2) is 9.83. The number of nitrogens with zero attached hydrogens (tertiary/aromatic N) is 1. The Hall–Kier alpha value is -3.71. The second-order valence-electron chi connectivity index (χ2n) is 7.36. The molecule has 0 spiro atoms. The summed E-state index contributed by atoms with van der Waals surface area (Å²) >= 11 is 3.50. The van der Waals surface area contributed by atoms with Crippen molar-refractivity contribution in [1.82, 2.24) is 5.32 Å². The van der Waals surface area contributed by atoms with Crippen LogP contribution in [0.25, 0.3) is 6.08 Å². The summed E-state index contributed by atoms with van der Waals surface area (Å²) in [6.45, 7) is 2.24. The van der Waals surface area contributed by atoms with E-state index >= 15 is 0 Å². The van der Waals surface area contributed by atoms with Crippen molar-refractivity contribution in [3.05, 3.63) is 99.5 Å². The Morgan fingerprint density at radius 3 is 2.33 bits per heavy atom.